The van der Waals surface area contributed by atoms with Crippen molar-refractivity contribution in [3.8, 4) is 0 Å². The Morgan fingerprint density at radius 1 is 1.44 bits per heavy atom. The molecule has 0 radical (unpaired) electrons. The van der Waals surface area contributed by atoms with Crippen LogP contribution >= 0.6 is 11.6 Å². The molecule has 1 aliphatic heterocycles. The molecule has 0 bridgehead atoms. The van der Waals surface area contributed by atoms with Gasteiger partial charge >= 0.3 is 5.97 Å². The first-order valence-corrected chi connectivity index (χ1v) is 6.59. The zero-order valence-electron chi connectivity index (χ0n) is 10.1. The van der Waals surface area contributed by atoms with Crippen LogP contribution in [-0.2, 0) is 16.0 Å². The highest BCUT2D eigenvalue weighted by Gasteiger charge is 2.29. The third kappa shape index (κ3) is 3.47. The van der Waals surface area contributed by atoms with Crippen LogP contribution < -0.4 is 0 Å². The highest BCUT2D eigenvalue weighted by molar-refractivity contribution is 6.30. The Balaban J connectivity index is 2.08. The molecule has 3 nitrogen and oxygen atoms in total. The second-order valence-corrected chi connectivity index (χ2v) is 5.17. The van der Waals surface area contributed by atoms with Crippen LogP contribution in [0.2, 0.25) is 5.02 Å². The first-order chi connectivity index (χ1) is 8.66. The summed E-state index contributed by atoms with van der Waals surface area (Å²) in [5.41, 5.74) is 0.987. The van der Waals surface area contributed by atoms with Crippen LogP contribution in [0.15, 0.2) is 24.3 Å². The quantitative estimate of drug-likeness (QED) is 0.913. The molecular weight excluding hydrogens is 252 g/mol. The molecule has 0 aliphatic carbocycles. The number of carbonyl (C=O) groups is 1. The molecule has 0 saturated carbocycles. The van der Waals surface area contributed by atoms with Crippen LogP contribution in [0.5, 0.6) is 0 Å². The molecule has 1 atom stereocenters. The van der Waals surface area contributed by atoms with Gasteiger partial charge in [0.2, 0.25) is 0 Å². The number of rotatable bonds is 4. The number of hydrogen-bond acceptors (Lipinski definition) is 2. The minimum absolute atomic E-state index is 0.204. The Bertz CT molecular complexity index is 413. The lowest BCUT2D eigenvalue weighted by Crippen LogP contribution is -2.30. The van der Waals surface area contributed by atoms with Crippen LogP contribution in [0, 0.1) is 11.8 Å². The minimum atomic E-state index is -0.720. The Kier molecular flexibility index (Phi) is 4.61. The number of benzene rings is 1. The molecule has 0 aromatic heterocycles. The van der Waals surface area contributed by atoms with E-state index in [-0.39, 0.29) is 11.8 Å². The summed E-state index contributed by atoms with van der Waals surface area (Å²) in [6.07, 6.45) is 2.20. The van der Waals surface area contributed by atoms with Crippen LogP contribution in [0.1, 0.15) is 18.4 Å². The standard InChI is InChI=1S/C14H17ClO3/c15-12-3-1-2-10(8-12)9-13(14(16)17)11-4-6-18-7-5-11/h1-3,8,11,13H,4-7,9H2,(H,16,17). The van der Waals surface area contributed by atoms with E-state index in [1.807, 2.05) is 18.2 Å². The SMILES string of the molecule is O=C(O)C(Cc1cccc(Cl)c1)C1CCOCC1. The molecule has 2 rings (SSSR count). The molecule has 1 saturated heterocycles. The molecule has 0 amide bonds. The predicted octanol–water partition coefficient (Wildman–Crippen LogP) is 3.01. The summed E-state index contributed by atoms with van der Waals surface area (Å²) in [5.74, 6) is -0.857. The lowest BCUT2D eigenvalue weighted by atomic mass is 9.82. The van der Waals surface area contributed by atoms with Crippen molar-refractivity contribution in [1.29, 1.82) is 0 Å². The number of aliphatic carboxylic acids is 1. The van der Waals surface area contributed by atoms with Gasteiger partial charge in [-0.2, -0.15) is 0 Å². The van der Waals surface area contributed by atoms with E-state index in [1.165, 1.54) is 0 Å². The fourth-order valence-corrected chi connectivity index (χ4v) is 2.70. The monoisotopic (exact) mass is 268 g/mol. The van der Waals surface area contributed by atoms with Gasteiger partial charge in [-0.1, -0.05) is 23.7 Å². The zero-order valence-corrected chi connectivity index (χ0v) is 10.9. The second kappa shape index (κ2) is 6.21. The highest BCUT2D eigenvalue weighted by Crippen LogP contribution is 2.27. The van der Waals surface area contributed by atoms with Crippen molar-refractivity contribution in [2.24, 2.45) is 11.8 Å². The molecule has 1 aromatic carbocycles. The summed E-state index contributed by atoms with van der Waals surface area (Å²) in [5, 5.41) is 10.0. The van der Waals surface area contributed by atoms with Crippen molar-refractivity contribution in [2.45, 2.75) is 19.3 Å². The Morgan fingerprint density at radius 2 is 2.17 bits per heavy atom. The molecule has 1 unspecified atom stereocenters. The van der Waals surface area contributed by atoms with E-state index in [4.69, 9.17) is 16.3 Å². The van der Waals surface area contributed by atoms with Gasteiger partial charge in [0.05, 0.1) is 5.92 Å². The highest BCUT2D eigenvalue weighted by atomic mass is 35.5. The first-order valence-electron chi connectivity index (χ1n) is 6.22. The van der Waals surface area contributed by atoms with Gasteiger partial charge in [-0.05, 0) is 42.9 Å². The third-order valence-corrected chi connectivity index (χ3v) is 3.73. The lowest BCUT2D eigenvalue weighted by Gasteiger charge is -2.27. The van der Waals surface area contributed by atoms with E-state index in [0.717, 1.165) is 18.4 Å². The second-order valence-electron chi connectivity index (χ2n) is 4.73. The Labute approximate surface area is 112 Å². The summed E-state index contributed by atoms with van der Waals surface area (Å²) in [7, 11) is 0. The van der Waals surface area contributed by atoms with Gasteiger partial charge in [-0.15, -0.1) is 0 Å². The molecule has 1 aromatic rings. The number of halogens is 1. The smallest absolute Gasteiger partial charge is 0.307 e. The summed E-state index contributed by atoms with van der Waals surface area (Å²) in [4.78, 5) is 11.4. The van der Waals surface area contributed by atoms with E-state index in [9.17, 15) is 9.90 Å². The van der Waals surface area contributed by atoms with Crippen LogP contribution in [0.25, 0.3) is 0 Å². The van der Waals surface area contributed by atoms with Gasteiger partial charge in [-0.3, -0.25) is 4.79 Å². The van der Waals surface area contributed by atoms with Gasteiger partial charge in [0.25, 0.3) is 0 Å². The molecule has 1 heterocycles. The van der Waals surface area contributed by atoms with Crippen molar-refractivity contribution in [2.75, 3.05) is 13.2 Å². The van der Waals surface area contributed by atoms with Crippen LogP contribution in [0.3, 0.4) is 0 Å². The van der Waals surface area contributed by atoms with E-state index in [2.05, 4.69) is 0 Å². The molecule has 4 heteroatoms. The lowest BCUT2D eigenvalue weighted by molar-refractivity contribution is -0.145. The Morgan fingerprint density at radius 3 is 2.78 bits per heavy atom. The maximum atomic E-state index is 11.4. The molecule has 1 fully saturated rings. The van der Waals surface area contributed by atoms with Crippen molar-refractivity contribution in [3.63, 3.8) is 0 Å². The number of hydrogen-bond donors (Lipinski definition) is 1. The average molecular weight is 269 g/mol. The van der Waals surface area contributed by atoms with Gasteiger partial charge in [0.1, 0.15) is 0 Å². The molecular formula is C14H17ClO3. The van der Waals surface area contributed by atoms with Crippen molar-refractivity contribution in [1.82, 2.24) is 0 Å². The number of carboxylic acid groups (broad SMARTS) is 1. The molecule has 1 aliphatic rings. The third-order valence-electron chi connectivity index (χ3n) is 3.50. The minimum Gasteiger partial charge on any atom is -0.481 e. The van der Waals surface area contributed by atoms with Gasteiger partial charge in [0, 0.05) is 18.2 Å². The maximum absolute atomic E-state index is 11.4. The van der Waals surface area contributed by atoms with Crippen molar-refractivity contribution < 1.29 is 14.6 Å². The van der Waals surface area contributed by atoms with E-state index < -0.39 is 5.97 Å². The average Bonchev–Trinajstić information content (AvgIpc) is 2.37. The normalized spacial score (nSPS) is 18.5. The zero-order chi connectivity index (χ0) is 13.0. The van der Waals surface area contributed by atoms with Gasteiger partial charge in [-0.25, -0.2) is 0 Å². The van der Waals surface area contributed by atoms with Gasteiger partial charge < -0.3 is 9.84 Å². The number of ether oxygens (including phenoxy) is 1. The molecule has 18 heavy (non-hydrogen) atoms. The fraction of sp³-hybridized carbons (Fsp3) is 0.500. The largest absolute Gasteiger partial charge is 0.481 e. The summed E-state index contributed by atoms with van der Waals surface area (Å²) < 4.78 is 5.28. The maximum Gasteiger partial charge on any atom is 0.307 e. The van der Waals surface area contributed by atoms with E-state index >= 15 is 0 Å². The van der Waals surface area contributed by atoms with Crippen LogP contribution in [0.4, 0.5) is 0 Å². The molecule has 98 valence electrons. The first kappa shape index (κ1) is 13.4. The summed E-state index contributed by atoms with van der Waals surface area (Å²) in [6.45, 7) is 1.34. The molecule has 1 N–H and O–H groups in total. The number of carboxylic acids is 1. The summed E-state index contributed by atoms with van der Waals surface area (Å²) in [6, 6.07) is 7.44. The predicted molar refractivity (Wildman–Crippen MR) is 69.8 cm³/mol. The fourth-order valence-electron chi connectivity index (χ4n) is 2.49. The topological polar surface area (TPSA) is 46.5 Å². The van der Waals surface area contributed by atoms with Crippen molar-refractivity contribution in [3.05, 3.63) is 34.9 Å². The van der Waals surface area contributed by atoms with E-state index in [1.54, 1.807) is 6.07 Å². The molecule has 0 spiro atoms. The van der Waals surface area contributed by atoms with Crippen LogP contribution in [-0.4, -0.2) is 24.3 Å². The van der Waals surface area contributed by atoms with Crippen molar-refractivity contribution >= 4 is 17.6 Å². The van der Waals surface area contributed by atoms with E-state index in [0.29, 0.717) is 24.7 Å². The summed E-state index contributed by atoms with van der Waals surface area (Å²) >= 11 is 5.93. The van der Waals surface area contributed by atoms with Gasteiger partial charge in [0.15, 0.2) is 0 Å². The Hall–Kier alpha value is -1.06.